The van der Waals surface area contributed by atoms with E-state index in [0.29, 0.717) is 18.3 Å². The normalized spacial score (nSPS) is 10.4. The number of nitro groups is 1. The number of nitrogens with one attached hydrogen (secondary N) is 2. The van der Waals surface area contributed by atoms with Gasteiger partial charge >= 0.3 is 5.69 Å². The molecule has 0 aliphatic heterocycles. The third-order valence-electron chi connectivity index (χ3n) is 2.23. The molecule has 0 aliphatic rings. The molecule has 0 spiro atoms. The van der Waals surface area contributed by atoms with Crippen molar-refractivity contribution in [1.29, 1.82) is 0 Å². The number of pyridine rings is 1. The van der Waals surface area contributed by atoms with E-state index in [4.69, 9.17) is 5.84 Å². The van der Waals surface area contributed by atoms with Crippen LogP contribution in [-0.2, 0) is 0 Å². The maximum Gasteiger partial charge on any atom is 0.311 e. The van der Waals surface area contributed by atoms with E-state index in [0.717, 1.165) is 6.42 Å². The molecule has 0 radical (unpaired) electrons. The lowest BCUT2D eigenvalue weighted by Crippen LogP contribution is -2.12. The Morgan fingerprint density at radius 3 is 2.76 bits per heavy atom. The van der Waals surface area contributed by atoms with E-state index < -0.39 is 4.92 Å². The zero-order chi connectivity index (χ0) is 12.8. The zero-order valence-electron chi connectivity index (χ0n) is 9.93. The van der Waals surface area contributed by atoms with Crippen molar-refractivity contribution in [2.45, 2.75) is 20.3 Å². The second-order valence-electron chi connectivity index (χ2n) is 4.07. The Bertz CT molecular complexity index is 394. The van der Waals surface area contributed by atoms with Crippen molar-refractivity contribution in [2.24, 2.45) is 11.8 Å². The van der Waals surface area contributed by atoms with Gasteiger partial charge in [-0.05, 0) is 18.4 Å². The molecule has 1 heterocycles. The highest BCUT2D eigenvalue weighted by molar-refractivity contribution is 5.59. The van der Waals surface area contributed by atoms with Gasteiger partial charge in [-0.1, -0.05) is 13.8 Å². The number of nitrogens with two attached hydrogens (primary N) is 1. The van der Waals surface area contributed by atoms with Crippen LogP contribution >= 0.6 is 0 Å². The van der Waals surface area contributed by atoms with Crippen molar-refractivity contribution >= 4 is 17.3 Å². The molecule has 1 aromatic heterocycles. The molecular weight excluding hydrogens is 222 g/mol. The van der Waals surface area contributed by atoms with Crippen LogP contribution in [0.1, 0.15) is 20.3 Å². The molecule has 0 saturated heterocycles. The van der Waals surface area contributed by atoms with Gasteiger partial charge in [0.15, 0.2) is 0 Å². The van der Waals surface area contributed by atoms with E-state index >= 15 is 0 Å². The number of hydrazine groups is 1. The van der Waals surface area contributed by atoms with Gasteiger partial charge in [-0.2, -0.15) is 0 Å². The van der Waals surface area contributed by atoms with Gasteiger partial charge in [-0.25, -0.2) is 10.8 Å². The first-order valence-electron chi connectivity index (χ1n) is 5.40. The number of hydrogen-bond acceptors (Lipinski definition) is 6. The molecule has 0 aromatic carbocycles. The summed E-state index contributed by atoms with van der Waals surface area (Å²) in [6.45, 7) is 4.81. The lowest BCUT2D eigenvalue weighted by molar-refractivity contribution is -0.384. The van der Waals surface area contributed by atoms with Gasteiger partial charge < -0.3 is 10.7 Å². The lowest BCUT2D eigenvalue weighted by atomic mass is 10.1. The van der Waals surface area contributed by atoms with E-state index in [9.17, 15) is 10.1 Å². The summed E-state index contributed by atoms with van der Waals surface area (Å²) in [6, 6.07) is 2.84. The van der Waals surface area contributed by atoms with Gasteiger partial charge in [0.2, 0.25) is 5.82 Å². The molecule has 0 aliphatic carbocycles. The fourth-order valence-electron chi connectivity index (χ4n) is 1.29. The maximum atomic E-state index is 10.8. The summed E-state index contributed by atoms with van der Waals surface area (Å²) >= 11 is 0. The Hall–Kier alpha value is -1.89. The maximum absolute atomic E-state index is 10.8. The molecule has 0 bridgehead atoms. The largest absolute Gasteiger partial charge is 0.364 e. The Labute approximate surface area is 99.5 Å². The number of hydrogen-bond donors (Lipinski definition) is 3. The van der Waals surface area contributed by atoms with E-state index in [2.05, 4.69) is 29.6 Å². The summed E-state index contributed by atoms with van der Waals surface area (Å²) in [5.74, 6) is 6.37. The van der Waals surface area contributed by atoms with Crippen molar-refractivity contribution in [3.8, 4) is 0 Å². The van der Waals surface area contributed by atoms with Crippen LogP contribution < -0.4 is 16.6 Å². The summed E-state index contributed by atoms with van der Waals surface area (Å²) < 4.78 is 0. The summed E-state index contributed by atoms with van der Waals surface area (Å²) in [6.07, 6.45) is 0.916. The van der Waals surface area contributed by atoms with Gasteiger partial charge in [-0.15, -0.1) is 0 Å². The molecule has 0 amide bonds. The molecule has 1 rings (SSSR count). The zero-order valence-corrected chi connectivity index (χ0v) is 9.93. The SMILES string of the molecule is CC(C)CCNc1nc(NN)ccc1[N+](=O)[O-]. The van der Waals surface area contributed by atoms with Gasteiger partial charge in [0, 0.05) is 12.6 Å². The quantitative estimate of drug-likeness (QED) is 0.396. The van der Waals surface area contributed by atoms with Crippen LogP contribution in [0.25, 0.3) is 0 Å². The first kappa shape index (κ1) is 13.2. The van der Waals surface area contributed by atoms with E-state index in [-0.39, 0.29) is 11.5 Å². The molecule has 0 fully saturated rings. The number of rotatable bonds is 6. The predicted octanol–water partition coefficient (Wildman–Crippen LogP) is 1.73. The molecule has 4 N–H and O–H groups in total. The first-order chi connectivity index (χ1) is 8.04. The fraction of sp³-hybridized carbons (Fsp3) is 0.500. The number of aromatic nitrogens is 1. The number of nitrogen functional groups attached to an aromatic ring is 1. The van der Waals surface area contributed by atoms with Crippen LogP contribution in [0.5, 0.6) is 0 Å². The summed E-state index contributed by atoms with van der Waals surface area (Å²) in [7, 11) is 0. The van der Waals surface area contributed by atoms with Crippen molar-refractivity contribution in [1.82, 2.24) is 4.98 Å². The first-order valence-corrected chi connectivity index (χ1v) is 5.40. The van der Waals surface area contributed by atoms with Crippen LogP contribution in [0.4, 0.5) is 17.3 Å². The van der Waals surface area contributed by atoms with Crippen molar-refractivity contribution in [2.75, 3.05) is 17.3 Å². The molecule has 94 valence electrons. The number of nitrogens with zero attached hydrogens (tertiary/aromatic N) is 2. The van der Waals surface area contributed by atoms with E-state index in [1.807, 2.05) is 0 Å². The van der Waals surface area contributed by atoms with Gasteiger partial charge in [0.05, 0.1) is 4.92 Å². The topological polar surface area (TPSA) is 106 Å². The third kappa shape index (κ3) is 3.87. The Morgan fingerprint density at radius 2 is 2.24 bits per heavy atom. The minimum Gasteiger partial charge on any atom is -0.364 e. The number of anilines is 2. The van der Waals surface area contributed by atoms with Crippen LogP contribution in [0.2, 0.25) is 0 Å². The molecule has 0 atom stereocenters. The fourth-order valence-corrected chi connectivity index (χ4v) is 1.29. The van der Waals surface area contributed by atoms with Gasteiger partial charge in [0.25, 0.3) is 0 Å². The second kappa shape index (κ2) is 6.00. The van der Waals surface area contributed by atoms with Crippen LogP contribution in [-0.4, -0.2) is 16.5 Å². The van der Waals surface area contributed by atoms with Crippen molar-refractivity contribution in [3.05, 3.63) is 22.2 Å². The van der Waals surface area contributed by atoms with Gasteiger partial charge in [-0.3, -0.25) is 10.1 Å². The van der Waals surface area contributed by atoms with Crippen molar-refractivity contribution < 1.29 is 4.92 Å². The van der Waals surface area contributed by atoms with Gasteiger partial charge in [0.1, 0.15) is 5.82 Å². The van der Waals surface area contributed by atoms with Crippen LogP contribution in [0, 0.1) is 16.0 Å². The molecule has 7 nitrogen and oxygen atoms in total. The summed E-state index contributed by atoms with van der Waals surface area (Å²) in [5.41, 5.74) is 2.31. The predicted molar refractivity (Wildman–Crippen MR) is 66.6 cm³/mol. The molecule has 7 heteroatoms. The molecule has 0 unspecified atom stereocenters. The Morgan fingerprint density at radius 1 is 1.53 bits per heavy atom. The Kier molecular flexibility index (Phi) is 4.65. The molecular formula is C10H17N5O2. The average Bonchev–Trinajstić information content (AvgIpc) is 2.28. The standard InChI is InChI=1S/C10H17N5O2/c1-7(2)5-6-12-10-8(15(16)17)3-4-9(13-10)14-11/h3-4,7H,5-6,11H2,1-2H3,(H2,12,13,14). The highest BCUT2D eigenvalue weighted by Gasteiger charge is 2.15. The van der Waals surface area contributed by atoms with Crippen molar-refractivity contribution in [3.63, 3.8) is 0 Å². The highest BCUT2D eigenvalue weighted by Crippen LogP contribution is 2.23. The second-order valence-corrected chi connectivity index (χ2v) is 4.07. The van der Waals surface area contributed by atoms with E-state index in [1.54, 1.807) is 0 Å². The van der Waals surface area contributed by atoms with Crippen LogP contribution in [0.15, 0.2) is 12.1 Å². The van der Waals surface area contributed by atoms with E-state index in [1.165, 1.54) is 12.1 Å². The minimum atomic E-state index is -0.467. The Balaban J connectivity index is 2.82. The monoisotopic (exact) mass is 239 g/mol. The average molecular weight is 239 g/mol. The molecule has 1 aromatic rings. The smallest absolute Gasteiger partial charge is 0.311 e. The minimum absolute atomic E-state index is 0.0484. The highest BCUT2D eigenvalue weighted by atomic mass is 16.6. The molecule has 0 saturated carbocycles. The van der Waals surface area contributed by atoms with Crippen LogP contribution in [0.3, 0.4) is 0 Å². The summed E-state index contributed by atoms with van der Waals surface area (Å²) in [4.78, 5) is 14.3. The molecule has 17 heavy (non-hydrogen) atoms. The summed E-state index contributed by atoms with van der Waals surface area (Å²) in [5, 5.41) is 13.7. The lowest BCUT2D eigenvalue weighted by Gasteiger charge is -2.09. The third-order valence-corrected chi connectivity index (χ3v) is 2.23.